The maximum atomic E-state index is 11.0. The topological polar surface area (TPSA) is 73.0 Å². The molecule has 0 aliphatic carbocycles. The molecule has 0 aliphatic heterocycles. The molecule has 2 aromatic rings. The van der Waals surface area contributed by atoms with E-state index in [9.17, 15) is 4.79 Å². The minimum absolute atomic E-state index is 0.197. The minimum Gasteiger partial charge on any atom is -0.348 e. The van der Waals surface area contributed by atoms with Crippen molar-refractivity contribution in [3.63, 3.8) is 0 Å². The minimum atomic E-state index is -0.274. The lowest BCUT2D eigenvalue weighted by molar-refractivity contribution is -0.116. The molecule has 2 aromatic heterocycles. The molecule has 0 aromatic carbocycles. The van der Waals surface area contributed by atoms with Gasteiger partial charge in [-0.2, -0.15) is 4.98 Å². The number of hydrogen-bond donors (Lipinski definition) is 1. The first-order valence-corrected chi connectivity index (χ1v) is 5.05. The maximum Gasteiger partial charge on any atom is 0.246 e. The Morgan fingerprint density at radius 3 is 3.18 bits per heavy atom. The van der Waals surface area contributed by atoms with Crippen LogP contribution in [0.2, 0.25) is 0 Å². The molecule has 6 heteroatoms. The molecule has 0 aliphatic rings. The Morgan fingerprint density at radius 2 is 2.53 bits per heavy atom. The fourth-order valence-electron chi connectivity index (χ4n) is 1.36. The molecule has 0 fully saturated rings. The van der Waals surface area contributed by atoms with Gasteiger partial charge in [-0.25, -0.2) is 0 Å². The van der Waals surface area contributed by atoms with Crippen LogP contribution in [0, 0.1) is 0 Å². The van der Waals surface area contributed by atoms with Crippen molar-refractivity contribution in [1.29, 1.82) is 0 Å². The third-order valence-electron chi connectivity index (χ3n) is 2.24. The maximum absolute atomic E-state index is 11.0. The van der Waals surface area contributed by atoms with E-state index in [4.69, 9.17) is 4.52 Å². The molecule has 1 N–H and O–H groups in total. The third kappa shape index (κ3) is 2.41. The Morgan fingerprint density at radius 1 is 1.71 bits per heavy atom. The van der Waals surface area contributed by atoms with Crippen molar-refractivity contribution in [2.45, 2.75) is 6.54 Å². The van der Waals surface area contributed by atoms with Gasteiger partial charge in [0.25, 0.3) is 0 Å². The lowest BCUT2D eigenvalue weighted by Crippen LogP contribution is -2.20. The SMILES string of the molecule is C=CC(=O)NCc1nc(-c2cccn2C)no1. The van der Waals surface area contributed by atoms with E-state index < -0.39 is 0 Å². The van der Waals surface area contributed by atoms with E-state index in [-0.39, 0.29) is 12.5 Å². The quantitative estimate of drug-likeness (QED) is 0.794. The first kappa shape index (κ1) is 11.1. The first-order chi connectivity index (χ1) is 8.20. The fourth-order valence-corrected chi connectivity index (χ4v) is 1.36. The van der Waals surface area contributed by atoms with Crippen LogP contribution in [0.1, 0.15) is 5.89 Å². The summed E-state index contributed by atoms with van der Waals surface area (Å²) in [5, 5.41) is 6.40. The lowest BCUT2D eigenvalue weighted by atomic mass is 10.4. The number of nitrogens with zero attached hydrogens (tertiary/aromatic N) is 3. The molecule has 0 bridgehead atoms. The van der Waals surface area contributed by atoms with Gasteiger partial charge < -0.3 is 14.4 Å². The van der Waals surface area contributed by atoms with Gasteiger partial charge in [0.15, 0.2) is 0 Å². The number of aromatic nitrogens is 3. The highest BCUT2D eigenvalue weighted by Crippen LogP contribution is 2.15. The summed E-state index contributed by atoms with van der Waals surface area (Å²) in [6.45, 7) is 3.55. The smallest absolute Gasteiger partial charge is 0.246 e. The van der Waals surface area contributed by atoms with Crippen molar-refractivity contribution in [2.24, 2.45) is 7.05 Å². The van der Waals surface area contributed by atoms with Gasteiger partial charge in [-0.05, 0) is 18.2 Å². The molecule has 6 nitrogen and oxygen atoms in total. The van der Waals surface area contributed by atoms with Gasteiger partial charge in [-0.3, -0.25) is 4.79 Å². The van der Waals surface area contributed by atoms with Crippen LogP contribution in [0.5, 0.6) is 0 Å². The average molecular weight is 232 g/mol. The van der Waals surface area contributed by atoms with Crippen LogP contribution in [0.3, 0.4) is 0 Å². The summed E-state index contributed by atoms with van der Waals surface area (Å²) in [6, 6.07) is 3.78. The number of carbonyl (C=O) groups excluding carboxylic acids is 1. The fraction of sp³-hybridized carbons (Fsp3) is 0.182. The van der Waals surface area contributed by atoms with Gasteiger partial charge in [0.05, 0.1) is 12.2 Å². The number of rotatable bonds is 4. The van der Waals surface area contributed by atoms with Gasteiger partial charge in [0.1, 0.15) is 0 Å². The van der Waals surface area contributed by atoms with Gasteiger partial charge in [-0.15, -0.1) is 0 Å². The summed E-state index contributed by atoms with van der Waals surface area (Å²) < 4.78 is 6.90. The summed E-state index contributed by atoms with van der Waals surface area (Å²) in [5.41, 5.74) is 0.857. The highest BCUT2D eigenvalue weighted by atomic mass is 16.5. The molecule has 2 rings (SSSR count). The second-order valence-electron chi connectivity index (χ2n) is 3.44. The summed E-state index contributed by atoms with van der Waals surface area (Å²) in [4.78, 5) is 15.1. The molecule has 0 saturated heterocycles. The van der Waals surface area contributed by atoms with Crippen LogP contribution in [-0.4, -0.2) is 20.6 Å². The number of carbonyl (C=O) groups is 1. The van der Waals surface area contributed by atoms with E-state index in [1.165, 1.54) is 6.08 Å². The van der Waals surface area contributed by atoms with Gasteiger partial charge in [-0.1, -0.05) is 11.7 Å². The molecule has 0 radical (unpaired) electrons. The van der Waals surface area contributed by atoms with E-state index in [0.717, 1.165) is 5.69 Å². The van der Waals surface area contributed by atoms with E-state index in [0.29, 0.717) is 11.7 Å². The van der Waals surface area contributed by atoms with Crippen molar-refractivity contribution in [1.82, 2.24) is 20.0 Å². The molecular formula is C11H12N4O2. The molecule has 2 heterocycles. The third-order valence-corrected chi connectivity index (χ3v) is 2.24. The van der Waals surface area contributed by atoms with Crippen molar-refractivity contribution >= 4 is 5.91 Å². The highest BCUT2D eigenvalue weighted by Gasteiger charge is 2.10. The lowest BCUT2D eigenvalue weighted by Gasteiger charge is -1.96. The Bertz CT molecular complexity index is 541. The second-order valence-corrected chi connectivity index (χ2v) is 3.44. The van der Waals surface area contributed by atoms with Crippen LogP contribution in [0.4, 0.5) is 0 Å². The first-order valence-electron chi connectivity index (χ1n) is 5.05. The standard InChI is InChI=1S/C11H12N4O2/c1-3-9(16)12-7-10-13-11(14-17-10)8-5-4-6-15(8)2/h3-6H,1,7H2,2H3,(H,12,16). The van der Waals surface area contributed by atoms with Crippen LogP contribution < -0.4 is 5.32 Å². The molecular weight excluding hydrogens is 220 g/mol. The van der Waals surface area contributed by atoms with Crippen molar-refractivity contribution < 1.29 is 9.32 Å². The van der Waals surface area contributed by atoms with Gasteiger partial charge >= 0.3 is 0 Å². The van der Waals surface area contributed by atoms with Crippen molar-refractivity contribution in [3.8, 4) is 11.5 Å². The molecule has 1 amide bonds. The van der Waals surface area contributed by atoms with E-state index >= 15 is 0 Å². The van der Waals surface area contributed by atoms with Crippen molar-refractivity contribution in [2.75, 3.05) is 0 Å². The number of nitrogens with one attached hydrogen (secondary N) is 1. The van der Waals surface area contributed by atoms with Crippen LogP contribution in [0.25, 0.3) is 11.5 Å². The summed E-state index contributed by atoms with van der Waals surface area (Å²) in [7, 11) is 1.89. The highest BCUT2D eigenvalue weighted by molar-refractivity contribution is 5.86. The van der Waals surface area contributed by atoms with E-state index in [1.54, 1.807) is 0 Å². The average Bonchev–Trinajstić information content (AvgIpc) is 2.94. The van der Waals surface area contributed by atoms with Crippen LogP contribution in [-0.2, 0) is 18.4 Å². The predicted molar refractivity (Wildman–Crippen MR) is 60.7 cm³/mol. The summed E-state index contributed by atoms with van der Waals surface area (Å²) in [6.07, 6.45) is 3.08. The van der Waals surface area contributed by atoms with Crippen LogP contribution in [0.15, 0.2) is 35.5 Å². The van der Waals surface area contributed by atoms with Crippen LogP contribution >= 0.6 is 0 Å². The zero-order chi connectivity index (χ0) is 12.3. The largest absolute Gasteiger partial charge is 0.348 e. The Balaban J connectivity index is 2.09. The number of aryl methyl sites for hydroxylation is 1. The molecule has 88 valence electrons. The molecule has 0 spiro atoms. The number of amides is 1. The Hall–Kier alpha value is -2.37. The predicted octanol–water partition coefficient (Wildman–Crippen LogP) is 0.877. The zero-order valence-electron chi connectivity index (χ0n) is 9.38. The zero-order valence-corrected chi connectivity index (χ0v) is 9.38. The van der Waals surface area contributed by atoms with Crippen molar-refractivity contribution in [3.05, 3.63) is 36.9 Å². The Kier molecular flexibility index (Phi) is 3.04. The van der Waals surface area contributed by atoms with Gasteiger partial charge in [0.2, 0.25) is 17.6 Å². The van der Waals surface area contributed by atoms with Gasteiger partial charge in [0, 0.05) is 13.2 Å². The van der Waals surface area contributed by atoms with E-state index in [1.807, 2.05) is 29.9 Å². The summed E-state index contributed by atoms with van der Waals surface area (Å²) in [5.74, 6) is 0.584. The molecule has 0 atom stereocenters. The molecule has 17 heavy (non-hydrogen) atoms. The summed E-state index contributed by atoms with van der Waals surface area (Å²) >= 11 is 0. The monoisotopic (exact) mass is 232 g/mol. The molecule has 0 saturated carbocycles. The second kappa shape index (κ2) is 4.65. The Labute approximate surface area is 97.9 Å². The molecule has 0 unspecified atom stereocenters. The number of hydrogen-bond acceptors (Lipinski definition) is 4. The van der Waals surface area contributed by atoms with E-state index in [2.05, 4.69) is 22.0 Å². The normalized spacial score (nSPS) is 10.2.